The first kappa shape index (κ1) is 14.2. The number of nitrogens with zero attached hydrogens (tertiary/aromatic N) is 3. The van der Waals surface area contributed by atoms with Crippen molar-refractivity contribution in [1.82, 2.24) is 4.98 Å². The lowest BCUT2D eigenvalue weighted by molar-refractivity contribution is -0.384. The summed E-state index contributed by atoms with van der Waals surface area (Å²) in [6.07, 6.45) is 3.11. The van der Waals surface area contributed by atoms with Crippen LogP contribution in [0.2, 0.25) is 0 Å². The molecule has 0 radical (unpaired) electrons. The van der Waals surface area contributed by atoms with Gasteiger partial charge in [0.15, 0.2) is 5.69 Å². The molecule has 1 saturated heterocycles. The number of hydrogen-bond donors (Lipinski definition) is 1. The molecule has 1 N–H and O–H groups in total. The molecule has 0 aliphatic carbocycles. The lowest BCUT2D eigenvalue weighted by Crippen LogP contribution is -2.23. The molecule has 1 unspecified atom stereocenters. The number of aromatic carboxylic acids is 1. The molecule has 0 amide bonds. The summed E-state index contributed by atoms with van der Waals surface area (Å²) in [6.45, 7) is 3.49. The Morgan fingerprint density at radius 3 is 2.95 bits per heavy atom. The Labute approximate surface area is 116 Å². The molecule has 0 bridgehead atoms. The minimum atomic E-state index is -1.18. The zero-order valence-electron chi connectivity index (χ0n) is 11.3. The van der Waals surface area contributed by atoms with Crippen molar-refractivity contribution in [2.75, 3.05) is 18.0 Å². The van der Waals surface area contributed by atoms with Gasteiger partial charge in [0.1, 0.15) is 0 Å². The van der Waals surface area contributed by atoms with Gasteiger partial charge in [-0.15, -0.1) is 0 Å². The van der Waals surface area contributed by atoms with E-state index in [-0.39, 0.29) is 17.2 Å². The van der Waals surface area contributed by atoms with E-state index in [4.69, 9.17) is 5.11 Å². The second-order valence-corrected chi connectivity index (χ2v) is 4.99. The van der Waals surface area contributed by atoms with E-state index in [1.807, 2.05) is 4.90 Å². The Morgan fingerprint density at radius 2 is 2.35 bits per heavy atom. The third-order valence-corrected chi connectivity index (χ3v) is 3.55. The highest BCUT2D eigenvalue weighted by molar-refractivity contribution is 5.86. The number of carboxylic acids is 1. The molecule has 0 spiro atoms. The van der Waals surface area contributed by atoms with E-state index in [1.165, 1.54) is 12.1 Å². The number of carboxylic acid groups (broad SMARTS) is 1. The summed E-state index contributed by atoms with van der Waals surface area (Å²) in [5.74, 6) is -0.506. The van der Waals surface area contributed by atoms with Crippen LogP contribution in [0.15, 0.2) is 12.1 Å². The average molecular weight is 279 g/mol. The third-order valence-electron chi connectivity index (χ3n) is 3.55. The zero-order valence-corrected chi connectivity index (χ0v) is 11.3. The molecular weight excluding hydrogens is 262 g/mol. The number of nitro groups is 1. The van der Waals surface area contributed by atoms with Crippen LogP contribution >= 0.6 is 0 Å². The van der Waals surface area contributed by atoms with Gasteiger partial charge in [0.2, 0.25) is 5.82 Å². The monoisotopic (exact) mass is 279 g/mol. The Morgan fingerprint density at radius 1 is 1.60 bits per heavy atom. The fourth-order valence-electron chi connectivity index (χ4n) is 2.60. The molecule has 1 aromatic heterocycles. The first-order valence-electron chi connectivity index (χ1n) is 6.66. The average Bonchev–Trinajstić information content (AvgIpc) is 2.86. The molecule has 1 atom stereocenters. The summed E-state index contributed by atoms with van der Waals surface area (Å²) in [7, 11) is 0. The summed E-state index contributed by atoms with van der Waals surface area (Å²) in [4.78, 5) is 27.3. The minimum absolute atomic E-state index is 0.132. The molecule has 0 saturated carbocycles. The number of pyridine rings is 1. The van der Waals surface area contributed by atoms with Crippen LogP contribution in [0.3, 0.4) is 0 Å². The Hall–Kier alpha value is -2.18. The zero-order chi connectivity index (χ0) is 14.7. The number of carbonyl (C=O) groups is 1. The fraction of sp³-hybridized carbons (Fsp3) is 0.538. The maximum Gasteiger partial charge on any atom is 0.354 e. The van der Waals surface area contributed by atoms with Gasteiger partial charge in [-0.1, -0.05) is 13.3 Å². The summed E-state index contributed by atoms with van der Waals surface area (Å²) in [5, 5.41) is 20.0. The number of rotatable bonds is 5. The van der Waals surface area contributed by atoms with Crippen molar-refractivity contribution in [3.63, 3.8) is 0 Å². The maximum absolute atomic E-state index is 11.1. The van der Waals surface area contributed by atoms with Gasteiger partial charge in [0.25, 0.3) is 0 Å². The van der Waals surface area contributed by atoms with Gasteiger partial charge in [0.05, 0.1) is 4.92 Å². The highest BCUT2D eigenvalue weighted by Crippen LogP contribution is 2.31. The summed E-state index contributed by atoms with van der Waals surface area (Å²) >= 11 is 0. The lowest BCUT2D eigenvalue weighted by atomic mass is 10.0. The highest BCUT2D eigenvalue weighted by atomic mass is 16.6. The van der Waals surface area contributed by atoms with Crippen LogP contribution in [0.25, 0.3) is 0 Å². The number of anilines is 1. The SMILES string of the molecule is CCCC1CCN(c2nc(C(=O)O)ccc2[N+](=O)[O-])C1. The quantitative estimate of drug-likeness (QED) is 0.656. The molecule has 1 aliphatic rings. The van der Waals surface area contributed by atoms with Crippen LogP contribution in [0.5, 0.6) is 0 Å². The summed E-state index contributed by atoms with van der Waals surface area (Å²) in [5.41, 5.74) is -0.295. The van der Waals surface area contributed by atoms with E-state index in [1.54, 1.807) is 0 Å². The van der Waals surface area contributed by atoms with Gasteiger partial charge in [-0.25, -0.2) is 9.78 Å². The predicted molar refractivity (Wildman–Crippen MR) is 73.1 cm³/mol. The predicted octanol–water partition coefficient (Wildman–Crippen LogP) is 2.31. The van der Waals surface area contributed by atoms with Crippen molar-refractivity contribution < 1.29 is 14.8 Å². The van der Waals surface area contributed by atoms with Gasteiger partial charge in [-0.3, -0.25) is 10.1 Å². The number of aromatic nitrogens is 1. The Bertz CT molecular complexity index is 532. The van der Waals surface area contributed by atoms with Gasteiger partial charge < -0.3 is 10.0 Å². The normalized spacial score (nSPS) is 18.2. The molecular formula is C13H17N3O4. The van der Waals surface area contributed by atoms with Crippen LogP contribution < -0.4 is 4.90 Å². The topological polar surface area (TPSA) is 96.6 Å². The van der Waals surface area contributed by atoms with Crippen molar-refractivity contribution in [2.24, 2.45) is 5.92 Å². The van der Waals surface area contributed by atoms with E-state index >= 15 is 0 Å². The molecule has 2 rings (SSSR count). The van der Waals surface area contributed by atoms with Crippen molar-refractivity contribution in [2.45, 2.75) is 26.2 Å². The lowest BCUT2D eigenvalue weighted by Gasteiger charge is -2.17. The van der Waals surface area contributed by atoms with Gasteiger partial charge in [-0.05, 0) is 24.8 Å². The Kier molecular flexibility index (Phi) is 4.16. The standard InChI is InChI=1S/C13H17N3O4/c1-2-3-9-6-7-15(8-9)12-11(16(19)20)5-4-10(14-12)13(17)18/h4-5,9H,2-3,6-8H2,1H3,(H,17,18). The van der Waals surface area contributed by atoms with Gasteiger partial charge in [-0.2, -0.15) is 0 Å². The van der Waals surface area contributed by atoms with Crippen LogP contribution in [0.4, 0.5) is 11.5 Å². The molecule has 7 heteroatoms. The first-order chi connectivity index (χ1) is 9.52. The minimum Gasteiger partial charge on any atom is -0.477 e. The molecule has 1 fully saturated rings. The fourth-order valence-corrected chi connectivity index (χ4v) is 2.60. The molecule has 1 aromatic rings. The summed E-state index contributed by atoms with van der Waals surface area (Å²) in [6, 6.07) is 2.39. The number of hydrogen-bond acceptors (Lipinski definition) is 5. The van der Waals surface area contributed by atoms with E-state index in [9.17, 15) is 14.9 Å². The van der Waals surface area contributed by atoms with E-state index in [0.717, 1.165) is 19.3 Å². The molecule has 7 nitrogen and oxygen atoms in total. The van der Waals surface area contributed by atoms with Crippen LogP contribution in [-0.4, -0.2) is 34.1 Å². The summed E-state index contributed by atoms with van der Waals surface area (Å²) < 4.78 is 0. The maximum atomic E-state index is 11.1. The molecule has 108 valence electrons. The van der Waals surface area contributed by atoms with E-state index < -0.39 is 10.9 Å². The van der Waals surface area contributed by atoms with Crippen LogP contribution in [0.1, 0.15) is 36.7 Å². The highest BCUT2D eigenvalue weighted by Gasteiger charge is 2.29. The molecule has 1 aliphatic heterocycles. The van der Waals surface area contributed by atoms with Gasteiger partial charge >= 0.3 is 11.7 Å². The van der Waals surface area contributed by atoms with E-state index in [0.29, 0.717) is 19.0 Å². The second-order valence-electron chi connectivity index (χ2n) is 4.99. The van der Waals surface area contributed by atoms with Crippen molar-refractivity contribution in [1.29, 1.82) is 0 Å². The van der Waals surface area contributed by atoms with Crippen molar-refractivity contribution in [3.05, 3.63) is 27.9 Å². The molecule has 2 heterocycles. The molecule has 0 aromatic carbocycles. The van der Waals surface area contributed by atoms with E-state index in [2.05, 4.69) is 11.9 Å². The van der Waals surface area contributed by atoms with Crippen LogP contribution in [-0.2, 0) is 0 Å². The molecule has 20 heavy (non-hydrogen) atoms. The van der Waals surface area contributed by atoms with Crippen molar-refractivity contribution in [3.8, 4) is 0 Å². The first-order valence-corrected chi connectivity index (χ1v) is 6.66. The van der Waals surface area contributed by atoms with Gasteiger partial charge in [0, 0.05) is 19.2 Å². The van der Waals surface area contributed by atoms with Crippen LogP contribution in [0, 0.1) is 16.0 Å². The second kappa shape index (κ2) is 5.85. The smallest absolute Gasteiger partial charge is 0.354 e. The largest absolute Gasteiger partial charge is 0.477 e. The Balaban J connectivity index is 2.31. The van der Waals surface area contributed by atoms with Crippen molar-refractivity contribution >= 4 is 17.5 Å². The third kappa shape index (κ3) is 2.87.